The molecule has 104 valence electrons. The van der Waals surface area contributed by atoms with E-state index < -0.39 is 0 Å². The van der Waals surface area contributed by atoms with Crippen molar-refractivity contribution in [2.75, 3.05) is 13.7 Å². The molecule has 0 aliphatic heterocycles. The van der Waals surface area contributed by atoms with Crippen molar-refractivity contribution in [3.63, 3.8) is 0 Å². The van der Waals surface area contributed by atoms with Gasteiger partial charge in [0.15, 0.2) is 0 Å². The molecule has 0 aliphatic carbocycles. The summed E-state index contributed by atoms with van der Waals surface area (Å²) in [6.07, 6.45) is 0. The predicted octanol–water partition coefficient (Wildman–Crippen LogP) is 3.19. The molecule has 1 N–H and O–H groups in total. The molecule has 0 saturated heterocycles. The lowest BCUT2D eigenvalue weighted by molar-refractivity contribution is -0.139. The molecule has 0 saturated carbocycles. The Balaban J connectivity index is 2.30. The average molecular weight is 290 g/mol. The molecular weight excluding hydrogens is 274 g/mol. The lowest BCUT2D eigenvalue weighted by Gasteiger charge is -2.20. The van der Waals surface area contributed by atoms with Gasteiger partial charge in [0.25, 0.3) is 0 Å². The lowest BCUT2D eigenvalue weighted by Crippen LogP contribution is -2.29. The van der Waals surface area contributed by atoms with Crippen molar-refractivity contribution in [2.24, 2.45) is 0 Å². The van der Waals surface area contributed by atoms with Crippen LogP contribution < -0.4 is 5.32 Å². The molecule has 1 atom stereocenters. The van der Waals surface area contributed by atoms with Gasteiger partial charge in [0.2, 0.25) is 0 Å². The van der Waals surface area contributed by atoms with Gasteiger partial charge in [0, 0.05) is 5.02 Å². The van der Waals surface area contributed by atoms with Gasteiger partial charge in [-0.3, -0.25) is 10.1 Å². The molecule has 2 rings (SSSR count). The van der Waals surface area contributed by atoms with Gasteiger partial charge in [-0.15, -0.1) is 0 Å². The van der Waals surface area contributed by atoms with Crippen molar-refractivity contribution in [1.82, 2.24) is 5.32 Å². The molecule has 0 radical (unpaired) electrons. The van der Waals surface area contributed by atoms with Gasteiger partial charge in [-0.2, -0.15) is 0 Å². The van der Waals surface area contributed by atoms with Crippen molar-refractivity contribution in [2.45, 2.75) is 6.04 Å². The highest BCUT2D eigenvalue weighted by atomic mass is 35.5. The van der Waals surface area contributed by atoms with Gasteiger partial charge in [0.05, 0.1) is 19.7 Å². The number of nitrogens with one attached hydrogen (secondary N) is 1. The highest BCUT2D eigenvalue weighted by molar-refractivity contribution is 6.31. The minimum absolute atomic E-state index is 0.126. The molecule has 0 aliphatic rings. The third-order valence-electron chi connectivity index (χ3n) is 3.03. The SMILES string of the molecule is COC(=O)CNC(c1ccccc1)c1ccccc1Cl. The van der Waals surface area contributed by atoms with E-state index in [4.69, 9.17) is 11.6 Å². The summed E-state index contributed by atoms with van der Waals surface area (Å²) in [5.41, 5.74) is 1.98. The van der Waals surface area contributed by atoms with E-state index in [0.717, 1.165) is 11.1 Å². The van der Waals surface area contributed by atoms with E-state index in [1.165, 1.54) is 7.11 Å². The van der Waals surface area contributed by atoms with Crippen LogP contribution in [-0.2, 0) is 9.53 Å². The zero-order chi connectivity index (χ0) is 14.4. The van der Waals surface area contributed by atoms with Gasteiger partial charge < -0.3 is 4.74 Å². The van der Waals surface area contributed by atoms with E-state index in [2.05, 4.69) is 10.1 Å². The van der Waals surface area contributed by atoms with Crippen molar-refractivity contribution in [3.05, 3.63) is 70.7 Å². The number of ether oxygens (including phenoxy) is 1. The number of methoxy groups -OCH3 is 1. The number of esters is 1. The van der Waals surface area contributed by atoms with Gasteiger partial charge in [-0.1, -0.05) is 60.1 Å². The Hall–Kier alpha value is -1.84. The third kappa shape index (κ3) is 3.59. The number of carbonyl (C=O) groups excluding carboxylic acids is 1. The van der Waals surface area contributed by atoms with Crippen LogP contribution in [-0.4, -0.2) is 19.6 Å². The van der Waals surface area contributed by atoms with Crippen molar-refractivity contribution < 1.29 is 9.53 Å². The normalized spacial score (nSPS) is 11.9. The molecule has 0 amide bonds. The Kier molecular flexibility index (Phi) is 5.16. The van der Waals surface area contributed by atoms with Crippen LogP contribution in [0.15, 0.2) is 54.6 Å². The molecule has 0 fully saturated rings. The van der Waals surface area contributed by atoms with Crippen molar-refractivity contribution in [3.8, 4) is 0 Å². The van der Waals surface area contributed by atoms with Gasteiger partial charge in [-0.05, 0) is 17.2 Å². The largest absolute Gasteiger partial charge is 0.468 e. The molecule has 0 aromatic heterocycles. The van der Waals surface area contributed by atoms with Crippen LogP contribution in [0.5, 0.6) is 0 Å². The second kappa shape index (κ2) is 7.08. The van der Waals surface area contributed by atoms with Crippen LogP contribution in [0, 0.1) is 0 Å². The molecule has 0 heterocycles. The number of hydrogen-bond donors (Lipinski definition) is 1. The number of hydrogen-bond acceptors (Lipinski definition) is 3. The Labute approximate surface area is 123 Å². The topological polar surface area (TPSA) is 38.3 Å². The maximum absolute atomic E-state index is 11.3. The van der Waals surface area contributed by atoms with Crippen LogP contribution >= 0.6 is 11.6 Å². The fourth-order valence-corrected chi connectivity index (χ4v) is 2.26. The highest BCUT2D eigenvalue weighted by Gasteiger charge is 2.17. The van der Waals surface area contributed by atoms with Crippen LogP contribution in [0.25, 0.3) is 0 Å². The molecule has 0 spiro atoms. The summed E-state index contributed by atoms with van der Waals surface area (Å²) in [4.78, 5) is 11.3. The maximum atomic E-state index is 11.3. The minimum Gasteiger partial charge on any atom is -0.468 e. The molecule has 1 unspecified atom stereocenters. The molecular formula is C16H16ClNO2. The zero-order valence-corrected chi connectivity index (χ0v) is 11.9. The van der Waals surface area contributed by atoms with Crippen LogP contribution in [0.3, 0.4) is 0 Å². The summed E-state index contributed by atoms with van der Waals surface area (Å²) in [5, 5.41) is 3.85. The number of rotatable bonds is 5. The highest BCUT2D eigenvalue weighted by Crippen LogP contribution is 2.27. The first-order chi connectivity index (χ1) is 9.72. The second-order valence-corrected chi connectivity index (χ2v) is 4.73. The summed E-state index contributed by atoms with van der Waals surface area (Å²) < 4.78 is 4.67. The van der Waals surface area contributed by atoms with Crippen molar-refractivity contribution >= 4 is 17.6 Å². The average Bonchev–Trinajstić information content (AvgIpc) is 2.50. The van der Waals surface area contributed by atoms with Crippen LogP contribution in [0.4, 0.5) is 0 Å². The van der Waals surface area contributed by atoms with Gasteiger partial charge >= 0.3 is 5.97 Å². The molecule has 4 heteroatoms. The molecule has 2 aromatic rings. The Morgan fingerprint density at radius 3 is 2.45 bits per heavy atom. The quantitative estimate of drug-likeness (QED) is 0.859. The van der Waals surface area contributed by atoms with Crippen LogP contribution in [0.2, 0.25) is 5.02 Å². The minimum atomic E-state index is -0.307. The molecule has 3 nitrogen and oxygen atoms in total. The first kappa shape index (κ1) is 14.6. The third-order valence-corrected chi connectivity index (χ3v) is 3.37. The van der Waals surface area contributed by atoms with E-state index >= 15 is 0 Å². The summed E-state index contributed by atoms with van der Waals surface area (Å²) in [6.45, 7) is 0.126. The van der Waals surface area contributed by atoms with Gasteiger partial charge in [-0.25, -0.2) is 0 Å². The standard InChI is InChI=1S/C16H16ClNO2/c1-20-15(19)11-18-16(12-7-3-2-4-8-12)13-9-5-6-10-14(13)17/h2-10,16,18H,11H2,1H3. The van der Waals surface area contributed by atoms with E-state index in [1.54, 1.807) is 0 Å². The van der Waals surface area contributed by atoms with Crippen LogP contribution in [0.1, 0.15) is 17.2 Å². The van der Waals surface area contributed by atoms with E-state index in [9.17, 15) is 4.79 Å². The number of benzene rings is 2. The van der Waals surface area contributed by atoms with Crippen molar-refractivity contribution in [1.29, 1.82) is 0 Å². The number of carbonyl (C=O) groups is 1. The molecule has 20 heavy (non-hydrogen) atoms. The van der Waals surface area contributed by atoms with E-state index in [0.29, 0.717) is 5.02 Å². The zero-order valence-electron chi connectivity index (χ0n) is 11.2. The lowest BCUT2D eigenvalue weighted by atomic mass is 9.98. The first-order valence-corrected chi connectivity index (χ1v) is 6.69. The van der Waals surface area contributed by atoms with E-state index in [-0.39, 0.29) is 18.6 Å². The summed E-state index contributed by atoms with van der Waals surface area (Å²) in [6, 6.07) is 17.3. The molecule has 0 bridgehead atoms. The molecule has 2 aromatic carbocycles. The second-order valence-electron chi connectivity index (χ2n) is 4.32. The van der Waals surface area contributed by atoms with Gasteiger partial charge in [0.1, 0.15) is 0 Å². The Morgan fingerprint density at radius 1 is 1.15 bits per heavy atom. The summed E-state index contributed by atoms with van der Waals surface area (Å²) in [5.74, 6) is -0.307. The monoisotopic (exact) mass is 289 g/mol. The summed E-state index contributed by atoms with van der Waals surface area (Å²) >= 11 is 6.26. The fourth-order valence-electron chi connectivity index (χ4n) is 2.02. The maximum Gasteiger partial charge on any atom is 0.319 e. The Bertz CT molecular complexity index is 572. The smallest absolute Gasteiger partial charge is 0.319 e. The fraction of sp³-hybridized carbons (Fsp3) is 0.188. The first-order valence-electron chi connectivity index (χ1n) is 6.32. The Morgan fingerprint density at radius 2 is 1.80 bits per heavy atom. The van der Waals surface area contributed by atoms with E-state index in [1.807, 2.05) is 54.6 Å². The summed E-state index contributed by atoms with van der Waals surface area (Å²) in [7, 11) is 1.37. The predicted molar refractivity (Wildman–Crippen MR) is 79.8 cm³/mol. The number of halogens is 1.